The van der Waals surface area contributed by atoms with Crippen molar-refractivity contribution in [2.75, 3.05) is 29.9 Å². The van der Waals surface area contributed by atoms with Crippen molar-refractivity contribution in [3.63, 3.8) is 0 Å². The van der Waals surface area contributed by atoms with Crippen molar-refractivity contribution in [2.24, 2.45) is 5.73 Å². The van der Waals surface area contributed by atoms with Crippen LogP contribution in [0.5, 0.6) is 5.75 Å². The number of pyridine rings is 2. The Kier molecular flexibility index (Phi) is 4.61. The molecular formula is C22H22FN5O2. The molecule has 4 heterocycles. The van der Waals surface area contributed by atoms with Gasteiger partial charge in [-0.3, -0.25) is 9.78 Å². The first kappa shape index (κ1) is 18.6. The second kappa shape index (κ2) is 7.44. The van der Waals surface area contributed by atoms with Crippen LogP contribution in [0.3, 0.4) is 0 Å². The van der Waals surface area contributed by atoms with Crippen LogP contribution >= 0.6 is 0 Å². The highest BCUT2D eigenvalue weighted by molar-refractivity contribution is 6.05. The monoisotopic (exact) mass is 407 g/mol. The van der Waals surface area contributed by atoms with Crippen molar-refractivity contribution in [2.45, 2.75) is 25.3 Å². The quantitative estimate of drug-likeness (QED) is 0.642. The normalized spacial score (nSPS) is 18.4. The number of primary amides is 1. The summed E-state index contributed by atoms with van der Waals surface area (Å²) in [5.41, 5.74) is 8.61. The Morgan fingerprint density at radius 3 is 3.03 bits per heavy atom. The largest absolute Gasteiger partial charge is 0.493 e. The molecule has 0 aliphatic carbocycles. The summed E-state index contributed by atoms with van der Waals surface area (Å²) in [5.74, 6) is 0.623. The van der Waals surface area contributed by atoms with Crippen LogP contribution in [0.2, 0.25) is 0 Å². The van der Waals surface area contributed by atoms with Gasteiger partial charge in [0.15, 0.2) is 0 Å². The fourth-order valence-electron chi connectivity index (χ4n) is 4.32. The van der Waals surface area contributed by atoms with Gasteiger partial charge in [0.1, 0.15) is 22.9 Å². The average Bonchev–Trinajstić information content (AvgIpc) is 3.23. The Morgan fingerprint density at radius 1 is 1.27 bits per heavy atom. The van der Waals surface area contributed by atoms with Gasteiger partial charge in [-0.2, -0.15) is 0 Å². The maximum Gasteiger partial charge on any atom is 0.252 e. The molecule has 2 bridgehead atoms. The molecule has 3 N–H and O–H groups in total. The predicted molar refractivity (Wildman–Crippen MR) is 112 cm³/mol. The van der Waals surface area contributed by atoms with E-state index in [4.69, 9.17) is 15.5 Å². The minimum absolute atomic E-state index is 0.0369. The Labute approximate surface area is 173 Å². The number of carbonyl (C=O) groups is 1. The summed E-state index contributed by atoms with van der Waals surface area (Å²) in [4.78, 5) is 23.4. The summed E-state index contributed by atoms with van der Waals surface area (Å²) in [6.07, 6.45) is 4.02. The molecule has 3 aromatic rings. The van der Waals surface area contributed by atoms with Gasteiger partial charge in [-0.25, -0.2) is 9.37 Å². The number of nitrogens with two attached hydrogens (primary N) is 1. The smallest absolute Gasteiger partial charge is 0.252 e. The lowest BCUT2D eigenvalue weighted by Gasteiger charge is -2.28. The van der Waals surface area contributed by atoms with Crippen LogP contribution in [0, 0.1) is 5.82 Å². The maximum absolute atomic E-state index is 14.1. The van der Waals surface area contributed by atoms with Gasteiger partial charge >= 0.3 is 0 Å². The predicted octanol–water partition coefficient (Wildman–Crippen LogP) is 3.40. The van der Waals surface area contributed by atoms with E-state index < -0.39 is 5.91 Å². The average molecular weight is 407 g/mol. The van der Waals surface area contributed by atoms with Crippen LogP contribution in [-0.2, 0) is 0 Å². The number of halogens is 1. The lowest BCUT2D eigenvalue weighted by molar-refractivity contribution is 0.100. The lowest BCUT2D eigenvalue weighted by atomic mass is 10.0. The number of nitrogens with one attached hydrogen (secondary N) is 1. The zero-order valence-electron chi connectivity index (χ0n) is 16.4. The molecule has 0 unspecified atom stereocenters. The van der Waals surface area contributed by atoms with E-state index in [1.807, 2.05) is 12.1 Å². The Hall–Kier alpha value is -3.42. The fourth-order valence-corrected chi connectivity index (χ4v) is 4.32. The number of fused-ring (bicyclic) bond motifs is 5. The molecular weight excluding hydrogens is 385 g/mol. The molecule has 1 aromatic carbocycles. The highest BCUT2D eigenvalue weighted by Crippen LogP contribution is 2.40. The van der Waals surface area contributed by atoms with E-state index in [0.717, 1.165) is 30.8 Å². The van der Waals surface area contributed by atoms with Crippen LogP contribution in [0.25, 0.3) is 11.0 Å². The number of hydrogen-bond donors (Lipinski definition) is 2. The zero-order chi connectivity index (χ0) is 20.7. The van der Waals surface area contributed by atoms with Crippen LogP contribution in [0.4, 0.5) is 15.9 Å². The molecule has 1 atom stereocenters. The standard InChI is InChI=1S/C22H22FN5O2/c23-13-4-6-18-14(11-13)17-3-1-9-28(17)19-7-5-16-21(27-19)20(25-8-2-10-30-18)15(12-26-16)22(24)29/h4-7,11-12,17,25H,1-3,8-10H2,(H2,24,29)/t17-/m1/s1. The van der Waals surface area contributed by atoms with Gasteiger partial charge in [-0.1, -0.05) is 0 Å². The Bertz CT molecular complexity index is 1140. The molecule has 7 nitrogen and oxygen atoms in total. The van der Waals surface area contributed by atoms with Gasteiger partial charge in [0.05, 0.1) is 29.4 Å². The van der Waals surface area contributed by atoms with E-state index in [1.165, 1.54) is 12.3 Å². The Morgan fingerprint density at radius 2 is 2.17 bits per heavy atom. The molecule has 2 aliphatic rings. The minimum atomic E-state index is -0.554. The van der Waals surface area contributed by atoms with E-state index in [2.05, 4.69) is 15.2 Å². The third-order valence-corrected chi connectivity index (χ3v) is 5.72. The molecule has 154 valence electrons. The van der Waals surface area contributed by atoms with Gasteiger partial charge in [-0.05, 0) is 49.6 Å². The molecule has 1 amide bonds. The first-order valence-corrected chi connectivity index (χ1v) is 10.1. The molecule has 8 heteroatoms. The molecule has 30 heavy (non-hydrogen) atoms. The number of aromatic nitrogens is 2. The van der Waals surface area contributed by atoms with Crippen molar-refractivity contribution in [1.82, 2.24) is 9.97 Å². The SMILES string of the molecule is NC(=O)c1cnc2ccc3nc2c1NCCCOc1ccc(F)cc1[C@H]1CCCN31. The maximum atomic E-state index is 14.1. The van der Waals surface area contributed by atoms with Crippen molar-refractivity contribution < 1.29 is 13.9 Å². The van der Waals surface area contributed by atoms with E-state index in [-0.39, 0.29) is 11.9 Å². The highest BCUT2D eigenvalue weighted by Gasteiger charge is 2.30. The van der Waals surface area contributed by atoms with Crippen molar-refractivity contribution in [1.29, 1.82) is 0 Å². The third kappa shape index (κ3) is 3.18. The van der Waals surface area contributed by atoms with E-state index in [1.54, 1.807) is 12.1 Å². The second-order valence-electron chi connectivity index (χ2n) is 7.61. The third-order valence-electron chi connectivity index (χ3n) is 5.72. The van der Waals surface area contributed by atoms with Gasteiger partial charge < -0.3 is 20.7 Å². The van der Waals surface area contributed by atoms with Crippen molar-refractivity contribution in [3.05, 3.63) is 53.5 Å². The van der Waals surface area contributed by atoms with Crippen LogP contribution in [-0.4, -0.2) is 35.6 Å². The number of rotatable bonds is 1. The number of carbonyl (C=O) groups excluding carboxylic acids is 1. The molecule has 5 rings (SSSR count). The van der Waals surface area contributed by atoms with Crippen LogP contribution in [0.15, 0.2) is 36.5 Å². The van der Waals surface area contributed by atoms with Gasteiger partial charge in [-0.15, -0.1) is 0 Å². The Balaban J connectivity index is 1.69. The first-order valence-electron chi connectivity index (χ1n) is 10.1. The summed E-state index contributed by atoms with van der Waals surface area (Å²) in [6.45, 7) is 1.82. The summed E-state index contributed by atoms with van der Waals surface area (Å²) in [7, 11) is 0. The van der Waals surface area contributed by atoms with E-state index in [9.17, 15) is 9.18 Å². The first-order chi connectivity index (χ1) is 14.6. The number of ether oxygens (including phenoxy) is 1. The van der Waals surface area contributed by atoms with Gasteiger partial charge in [0.25, 0.3) is 5.91 Å². The molecule has 2 aromatic heterocycles. The number of amides is 1. The van der Waals surface area contributed by atoms with Crippen LogP contribution < -0.4 is 20.7 Å². The molecule has 1 saturated heterocycles. The van der Waals surface area contributed by atoms with E-state index >= 15 is 0 Å². The summed E-state index contributed by atoms with van der Waals surface area (Å²) in [6, 6.07) is 8.47. The number of anilines is 2. The number of nitrogens with zero attached hydrogens (tertiary/aromatic N) is 3. The van der Waals surface area contributed by atoms with Crippen LogP contribution in [0.1, 0.15) is 41.2 Å². The minimum Gasteiger partial charge on any atom is -0.493 e. The number of hydrogen-bond acceptors (Lipinski definition) is 6. The molecule has 1 fully saturated rings. The molecule has 0 saturated carbocycles. The molecule has 2 aliphatic heterocycles. The van der Waals surface area contributed by atoms with E-state index in [0.29, 0.717) is 47.6 Å². The highest BCUT2D eigenvalue weighted by atomic mass is 19.1. The topological polar surface area (TPSA) is 93.4 Å². The van der Waals surface area contributed by atoms with Crippen molar-refractivity contribution >= 4 is 28.4 Å². The summed E-state index contributed by atoms with van der Waals surface area (Å²) < 4.78 is 20.1. The van der Waals surface area contributed by atoms with Gasteiger partial charge in [0.2, 0.25) is 0 Å². The second-order valence-corrected chi connectivity index (χ2v) is 7.61. The van der Waals surface area contributed by atoms with Gasteiger partial charge in [0, 0.05) is 24.8 Å². The fraction of sp³-hybridized carbons (Fsp3) is 0.318. The molecule has 0 radical (unpaired) electrons. The summed E-state index contributed by atoms with van der Waals surface area (Å²) in [5, 5.41) is 3.30. The lowest BCUT2D eigenvalue weighted by Crippen LogP contribution is -2.24. The van der Waals surface area contributed by atoms with Crippen molar-refractivity contribution in [3.8, 4) is 5.75 Å². The summed E-state index contributed by atoms with van der Waals surface area (Å²) >= 11 is 0. The number of benzene rings is 1. The molecule has 0 spiro atoms. The zero-order valence-corrected chi connectivity index (χ0v) is 16.4.